The van der Waals surface area contributed by atoms with Crippen LogP contribution < -0.4 is 4.74 Å². The molecule has 1 aromatic rings. The highest BCUT2D eigenvalue weighted by Gasteiger charge is 2.20. The van der Waals surface area contributed by atoms with Crippen LogP contribution in [0.5, 0.6) is 5.88 Å². The van der Waals surface area contributed by atoms with Crippen LogP contribution in [0.2, 0.25) is 0 Å². The third kappa shape index (κ3) is 2.19. The lowest BCUT2D eigenvalue weighted by atomic mass is 10.3. The maximum atomic E-state index is 5.75. The van der Waals surface area contributed by atoms with Crippen LogP contribution in [0.1, 0.15) is 5.56 Å². The van der Waals surface area contributed by atoms with Gasteiger partial charge in [-0.2, -0.15) is 0 Å². The first-order chi connectivity index (χ1) is 6.79. The zero-order valence-corrected chi connectivity index (χ0v) is 9.71. The molecule has 0 spiro atoms. The number of halogens is 2. The summed E-state index contributed by atoms with van der Waals surface area (Å²) >= 11 is 9.11. The highest BCUT2D eigenvalue weighted by molar-refractivity contribution is 9.10. The van der Waals surface area contributed by atoms with Gasteiger partial charge in [0, 0.05) is 22.6 Å². The summed E-state index contributed by atoms with van der Waals surface area (Å²) in [4.78, 5) is 4.13. The Bertz CT molecular complexity index is 331. The lowest BCUT2D eigenvalue weighted by Gasteiger charge is -2.26. The summed E-state index contributed by atoms with van der Waals surface area (Å²) in [5, 5.41) is 0. The normalized spacial score (nSPS) is 16.4. The Morgan fingerprint density at radius 2 is 2.43 bits per heavy atom. The van der Waals surface area contributed by atoms with E-state index in [0.717, 1.165) is 10.0 Å². The minimum absolute atomic E-state index is 0.145. The van der Waals surface area contributed by atoms with Crippen molar-refractivity contribution in [2.24, 2.45) is 0 Å². The number of nitrogens with zero attached hydrogens (tertiary/aromatic N) is 1. The van der Waals surface area contributed by atoms with Crippen LogP contribution >= 0.6 is 27.5 Å². The predicted octanol–water partition coefficient (Wildman–Crippen LogP) is 2.36. The summed E-state index contributed by atoms with van der Waals surface area (Å²) < 4.78 is 11.4. The standard InChI is InChI=1S/C9H9BrClNO2/c10-8-3-12-9(1-6(8)2-11)14-7-4-13-5-7/h1,3,7H,2,4-5H2. The average molecular weight is 279 g/mol. The number of aromatic nitrogens is 1. The van der Waals surface area contributed by atoms with Crippen LogP contribution in [0.3, 0.4) is 0 Å². The van der Waals surface area contributed by atoms with E-state index < -0.39 is 0 Å². The Labute approximate surface area is 95.5 Å². The summed E-state index contributed by atoms with van der Waals surface area (Å²) in [6, 6.07) is 1.84. The van der Waals surface area contributed by atoms with Crippen molar-refractivity contribution in [2.75, 3.05) is 13.2 Å². The summed E-state index contributed by atoms with van der Waals surface area (Å²) in [6.45, 7) is 1.29. The first kappa shape index (κ1) is 10.2. The zero-order valence-electron chi connectivity index (χ0n) is 7.37. The van der Waals surface area contributed by atoms with Gasteiger partial charge in [0.05, 0.1) is 13.2 Å². The van der Waals surface area contributed by atoms with E-state index >= 15 is 0 Å². The van der Waals surface area contributed by atoms with Crippen molar-refractivity contribution in [3.63, 3.8) is 0 Å². The van der Waals surface area contributed by atoms with E-state index in [0.29, 0.717) is 25.0 Å². The molecule has 0 amide bonds. The van der Waals surface area contributed by atoms with Crippen molar-refractivity contribution < 1.29 is 9.47 Å². The van der Waals surface area contributed by atoms with Gasteiger partial charge in [0.25, 0.3) is 0 Å². The molecule has 0 aromatic carbocycles. The first-order valence-corrected chi connectivity index (χ1v) is 5.57. The number of pyridine rings is 1. The third-order valence-corrected chi connectivity index (χ3v) is 2.95. The van der Waals surface area contributed by atoms with Crippen LogP contribution in [-0.4, -0.2) is 24.3 Å². The summed E-state index contributed by atoms with van der Waals surface area (Å²) in [5.41, 5.74) is 0.983. The lowest BCUT2D eigenvalue weighted by molar-refractivity contribution is -0.0813. The van der Waals surface area contributed by atoms with E-state index in [2.05, 4.69) is 20.9 Å². The second-order valence-electron chi connectivity index (χ2n) is 3.02. The third-order valence-electron chi connectivity index (χ3n) is 1.95. The molecule has 1 aromatic heterocycles. The maximum absolute atomic E-state index is 5.75. The molecule has 1 fully saturated rings. The fraction of sp³-hybridized carbons (Fsp3) is 0.444. The zero-order chi connectivity index (χ0) is 9.97. The van der Waals surface area contributed by atoms with E-state index in [1.54, 1.807) is 6.20 Å². The molecule has 0 bridgehead atoms. The highest BCUT2D eigenvalue weighted by Crippen LogP contribution is 2.22. The van der Waals surface area contributed by atoms with E-state index in [9.17, 15) is 0 Å². The monoisotopic (exact) mass is 277 g/mol. The molecule has 2 heterocycles. The molecule has 0 N–H and O–H groups in total. The van der Waals surface area contributed by atoms with Gasteiger partial charge in [0.2, 0.25) is 5.88 Å². The molecule has 0 atom stereocenters. The second-order valence-corrected chi connectivity index (χ2v) is 4.15. The molecule has 1 aliphatic rings. The van der Waals surface area contributed by atoms with E-state index in [-0.39, 0.29) is 6.10 Å². The molecule has 1 saturated heterocycles. The SMILES string of the molecule is ClCc1cc(OC2COC2)ncc1Br. The number of hydrogen-bond donors (Lipinski definition) is 0. The quantitative estimate of drug-likeness (QED) is 0.796. The average Bonchev–Trinajstić information content (AvgIpc) is 2.14. The highest BCUT2D eigenvalue weighted by atomic mass is 79.9. The van der Waals surface area contributed by atoms with Gasteiger partial charge in [0.1, 0.15) is 6.10 Å². The van der Waals surface area contributed by atoms with Gasteiger partial charge in [0.15, 0.2) is 0 Å². The molecule has 3 nitrogen and oxygen atoms in total. The molecule has 1 aliphatic heterocycles. The fourth-order valence-electron chi connectivity index (χ4n) is 1.08. The number of alkyl halides is 1. The number of hydrogen-bond acceptors (Lipinski definition) is 3. The second kappa shape index (κ2) is 4.47. The van der Waals surface area contributed by atoms with Gasteiger partial charge in [-0.15, -0.1) is 11.6 Å². The van der Waals surface area contributed by atoms with Crippen LogP contribution in [-0.2, 0) is 10.6 Å². The van der Waals surface area contributed by atoms with Gasteiger partial charge >= 0.3 is 0 Å². The molecular weight excluding hydrogens is 269 g/mol. The van der Waals surface area contributed by atoms with Crippen LogP contribution in [0.15, 0.2) is 16.7 Å². The molecule has 2 rings (SSSR count). The Morgan fingerprint density at radius 1 is 1.64 bits per heavy atom. The van der Waals surface area contributed by atoms with Crippen molar-refractivity contribution in [1.82, 2.24) is 4.98 Å². The molecule has 0 aliphatic carbocycles. The fourth-order valence-corrected chi connectivity index (χ4v) is 1.82. The van der Waals surface area contributed by atoms with Gasteiger partial charge in [-0.25, -0.2) is 4.98 Å². The van der Waals surface area contributed by atoms with Gasteiger partial charge < -0.3 is 9.47 Å². The minimum Gasteiger partial charge on any atom is -0.469 e. The van der Waals surface area contributed by atoms with Crippen LogP contribution in [0.4, 0.5) is 0 Å². The molecule has 0 saturated carbocycles. The van der Waals surface area contributed by atoms with Gasteiger partial charge in [-0.05, 0) is 21.5 Å². The van der Waals surface area contributed by atoms with Crippen LogP contribution in [0, 0.1) is 0 Å². The Balaban J connectivity index is 2.09. The number of ether oxygens (including phenoxy) is 2. The van der Waals surface area contributed by atoms with Gasteiger partial charge in [-0.1, -0.05) is 0 Å². The van der Waals surface area contributed by atoms with Crippen molar-refractivity contribution in [2.45, 2.75) is 12.0 Å². The van der Waals surface area contributed by atoms with E-state index in [4.69, 9.17) is 21.1 Å². The Kier molecular flexibility index (Phi) is 3.26. The summed E-state index contributed by atoms with van der Waals surface area (Å²) in [6.07, 6.45) is 1.85. The largest absolute Gasteiger partial charge is 0.469 e. The van der Waals surface area contributed by atoms with E-state index in [1.165, 1.54) is 0 Å². The van der Waals surface area contributed by atoms with E-state index in [1.807, 2.05) is 6.07 Å². The lowest BCUT2D eigenvalue weighted by Crippen LogP contribution is -2.38. The predicted molar refractivity (Wildman–Crippen MR) is 56.7 cm³/mol. The van der Waals surface area contributed by atoms with Crippen molar-refractivity contribution in [3.8, 4) is 5.88 Å². The summed E-state index contributed by atoms with van der Waals surface area (Å²) in [7, 11) is 0. The molecule has 76 valence electrons. The number of rotatable bonds is 3. The first-order valence-electron chi connectivity index (χ1n) is 4.24. The van der Waals surface area contributed by atoms with Crippen LogP contribution in [0.25, 0.3) is 0 Å². The van der Waals surface area contributed by atoms with Crippen molar-refractivity contribution in [1.29, 1.82) is 0 Å². The minimum atomic E-state index is 0.145. The van der Waals surface area contributed by atoms with Crippen molar-refractivity contribution in [3.05, 3.63) is 22.3 Å². The molecule has 0 radical (unpaired) electrons. The maximum Gasteiger partial charge on any atom is 0.214 e. The smallest absolute Gasteiger partial charge is 0.214 e. The molecular formula is C9H9BrClNO2. The Morgan fingerprint density at radius 3 is 3.00 bits per heavy atom. The topological polar surface area (TPSA) is 31.4 Å². The Hall–Kier alpha value is -0.320. The molecule has 5 heteroatoms. The molecule has 14 heavy (non-hydrogen) atoms. The van der Waals surface area contributed by atoms with Crippen molar-refractivity contribution >= 4 is 27.5 Å². The van der Waals surface area contributed by atoms with Gasteiger partial charge in [-0.3, -0.25) is 0 Å². The molecule has 0 unspecified atom stereocenters. The summed E-state index contributed by atoms with van der Waals surface area (Å²) in [5.74, 6) is 1.05.